The highest BCUT2D eigenvalue weighted by molar-refractivity contribution is 7.88. The Hall–Kier alpha value is -1.11. The fraction of sp³-hybridized carbons (Fsp3) is 0.588. The molecule has 1 aromatic carbocycles. The summed E-state index contributed by atoms with van der Waals surface area (Å²) in [4.78, 5) is 12.3. The third kappa shape index (κ3) is 4.10. The summed E-state index contributed by atoms with van der Waals surface area (Å²) < 4.78 is 24.5. The van der Waals surface area contributed by atoms with Crippen LogP contribution in [0, 0.1) is 11.8 Å². The standard InChI is InChI=1S/C17H23ClN2O3S/c1-24(22,23)20-8-6-12(7-9-20)11-19-17(21)15-10-14(15)13-4-2-3-5-16(13)18/h2-5,12,14-15H,6-11H2,1H3,(H,19,21)/t14-,15-/m1/s1. The minimum absolute atomic E-state index is 0.0148. The summed E-state index contributed by atoms with van der Waals surface area (Å²) in [6, 6.07) is 7.69. The van der Waals surface area contributed by atoms with Crippen LogP contribution in [-0.2, 0) is 14.8 Å². The SMILES string of the molecule is CS(=O)(=O)N1CCC(CNC(=O)[C@@H]2C[C@@H]2c2ccccc2Cl)CC1. The zero-order chi connectivity index (χ0) is 17.3. The monoisotopic (exact) mass is 370 g/mol. The van der Waals surface area contributed by atoms with Crippen molar-refractivity contribution in [2.45, 2.75) is 25.2 Å². The van der Waals surface area contributed by atoms with E-state index in [1.54, 1.807) is 0 Å². The number of piperidine rings is 1. The number of halogens is 1. The van der Waals surface area contributed by atoms with Gasteiger partial charge in [-0.1, -0.05) is 29.8 Å². The molecule has 0 spiro atoms. The molecule has 0 unspecified atom stereocenters. The van der Waals surface area contributed by atoms with Crippen LogP contribution in [0.1, 0.15) is 30.7 Å². The van der Waals surface area contributed by atoms with Crippen LogP contribution in [0.5, 0.6) is 0 Å². The molecule has 1 aliphatic heterocycles. The molecule has 1 saturated heterocycles. The van der Waals surface area contributed by atoms with E-state index in [2.05, 4.69) is 5.32 Å². The molecule has 132 valence electrons. The number of hydrogen-bond acceptors (Lipinski definition) is 3. The summed E-state index contributed by atoms with van der Waals surface area (Å²) in [6.45, 7) is 1.72. The summed E-state index contributed by atoms with van der Waals surface area (Å²) in [6.07, 6.45) is 3.69. The highest BCUT2D eigenvalue weighted by Crippen LogP contribution is 2.49. The molecule has 0 aromatic heterocycles. The van der Waals surface area contributed by atoms with Crippen LogP contribution in [0.3, 0.4) is 0 Å². The van der Waals surface area contributed by atoms with Crippen LogP contribution in [0.2, 0.25) is 5.02 Å². The third-order valence-electron chi connectivity index (χ3n) is 5.04. The molecule has 1 amide bonds. The van der Waals surface area contributed by atoms with E-state index in [4.69, 9.17) is 11.6 Å². The number of amides is 1. The van der Waals surface area contributed by atoms with Crippen molar-refractivity contribution in [2.24, 2.45) is 11.8 Å². The quantitative estimate of drug-likeness (QED) is 0.864. The van der Waals surface area contributed by atoms with E-state index in [1.165, 1.54) is 10.6 Å². The largest absolute Gasteiger partial charge is 0.356 e. The van der Waals surface area contributed by atoms with Crippen molar-refractivity contribution in [3.8, 4) is 0 Å². The van der Waals surface area contributed by atoms with Crippen molar-refractivity contribution >= 4 is 27.5 Å². The predicted octanol–water partition coefficient (Wildman–Crippen LogP) is 2.23. The van der Waals surface area contributed by atoms with Gasteiger partial charge < -0.3 is 5.32 Å². The van der Waals surface area contributed by atoms with Gasteiger partial charge in [-0.25, -0.2) is 12.7 Å². The predicted molar refractivity (Wildman–Crippen MR) is 94.5 cm³/mol. The van der Waals surface area contributed by atoms with Crippen LogP contribution in [0.15, 0.2) is 24.3 Å². The fourth-order valence-electron chi connectivity index (χ4n) is 3.43. The number of hydrogen-bond donors (Lipinski definition) is 1. The Labute approximate surface area is 148 Å². The average molecular weight is 371 g/mol. The van der Waals surface area contributed by atoms with Gasteiger partial charge in [-0.2, -0.15) is 0 Å². The van der Waals surface area contributed by atoms with Gasteiger partial charge in [0.1, 0.15) is 0 Å². The van der Waals surface area contributed by atoms with Gasteiger partial charge in [-0.15, -0.1) is 0 Å². The maximum Gasteiger partial charge on any atom is 0.223 e. The number of carbonyl (C=O) groups is 1. The maximum atomic E-state index is 12.3. The van der Waals surface area contributed by atoms with Crippen molar-refractivity contribution in [2.75, 3.05) is 25.9 Å². The van der Waals surface area contributed by atoms with Crippen molar-refractivity contribution in [3.63, 3.8) is 0 Å². The van der Waals surface area contributed by atoms with Gasteiger partial charge in [0.25, 0.3) is 0 Å². The molecule has 1 aliphatic carbocycles. The first-order chi connectivity index (χ1) is 11.4. The lowest BCUT2D eigenvalue weighted by atomic mass is 9.98. The Bertz CT molecular complexity index is 714. The van der Waals surface area contributed by atoms with Crippen LogP contribution in [-0.4, -0.2) is 44.5 Å². The number of nitrogens with zero attached hydrogens (tertiary/aromatic N) is 1. The molecule has 2 fully saturated rings. The Morgan fingerprint density at radius 2 is 1.96 bits per heavy atom. The smallest absolute Gasteiger partial charge is 0.223 e. The number of nitrogens with one attached hydrogen (secondary N) is 1. The summed E-state index contributed by atoms with van der Waals surface area (Å²) >= 11 is 6.19. The van der Waals surface area contributed by atoms with Gasteiger partial charge >= 0.3 is 0 Å². The number of carbonyl (C=O) groups excluding carboxylic acids is 1. The normalized spacial score (nSPS) is 25.4. The van der Waals surface area contributed by atoms with E-state index in [1.807, 2.05) is 24.3 Å². The third-order valence-corrected chi connectivity index (χ3v) is 6.69. The second-order valence-corrected chi connectivity index (χ2v) is 9.21. The first-order valence-corrected chi connectivity index (χ1v) is 10.6. The molecule has 7 heteroatoms. The molecule has 3 rings (SSSR count). The van der Waals surface area contributed by atoms with Crippen molar-refractivity contribution in [3.05, 3.63) is 34.9 Å². The second kappa shape index (κ2) is 7.02. The number of rotatable bonds is 5. The fourth-order valence-corrected chi connectivity index (χ4v) is 4.58. The Kier molecular flexibility index (Phi) is 5.18. The summed E-state index contributed by atoms with van der Waals surface area (Å²) in [5, 5.41) is 3.76. The van der Waals surface area contributed by atoms with Crippen molar-refractivity contribution in [1.29, 1.82) is 0 Å². The average Bonchev–Trinajstić information content (AvgIpc) is 3.33. The van der Waals surface area contributed by atoms with Crippen LogP contribution >= 0.6 is 11.6 Å². The summed E-state index contributed by atoms with van der Waals surface area (Å²) in [5.74, 6) is 0.682. The van der Waals surface area contributed by atoms with E-state index in [9.17, 15) is 13.2 Å². The van der Waals surface area contributed by atoms with E-state index in [0.717, 1.165) is 29.8 Å². The lowest BCUT2D eigenvalue weighted by Crippen LogP contribution is -2.41. The number of sulfonamides is 1. The molecule has 0 bridgehead atoms. The molecule has 1 saturated carbocycles. The van der Waals surface area contributed by atoms with Crippen molar-refractivity contribution < 1.29 is 13.2 Å². The molecule has 5 nitrogen and oxygen atoms in total. The lowest BCUT2D eigenvalue weighted by Gasteiger charge is -2.30. The molecule has 1 N–H and O–H groups in total. The van der Waals surface area contributed by atoms with Gasteiger partial charge in [0, 0.05) is 30.6 Å². The molecule has 1 aromatic rings. The topological polar surface area (TPSA) is 66.5 Å². The summed E-state index contributed by atoms with van der Waals surface area (Å²) in [7, 11) is -3.09. The van der Waals surface area contributed by atoms with Gasteiger partial charge in [-0.3, -0.25) is 4.79 Å². The zero-order valence-electron chi connectivity index (χ0n) is 13.7. The highest BCUT2D eigenvalue weighted by Gasteiger charge is 2.44. The number of benzene rings is 1. The van der Waals surface area contributed by atoms with Crippen LogP contribution < -0.4 is 5.32 Å². The molecular weight excluding hydrogens is 348 g/mol. The Morgan fingerprint density at radius 3 is 2.58 bits per heavy atom. The lowest BCUT2D eigenvalue weighted by molar-refractivity contribution is -0.122. The van der Waals surface area contributed by atoms with Gasteiger partial charge in [0.2, 0.25) is 15.9 Å². The Balaban J connectivity index is 1.44. The van der Waals surface area contributed by atoms with E-state index in [-0.39, 0.29) is 17.7 Å². The summed E-state index contributed by atoms with van der Waals surface area (Å²) in [5.41, 5.74) is 1.06. The van der Waals surface area contributed by atoms with Gasteiger partial charge in [-0.05, 0) is 42.7 Å². The molecule has 2 atom stereocenters. The molecule has 2 aliphatic rings. The molecular formula is C17H23ClN2O3S. The first kappa shape index (κ1) is 17.7. The second-order valence-electron chi connectivity index (χ2n) is 6.82. The van der Waals surface area contributed by atoms with E-state index >= 15 is 0 Å². The van der Waals surface area contributed by atoms with Crippen molar-refractivity contribution in [1.82, 2.24) is 9.62 Å². The first-order valence-electron chi connectivity index (χ1n) is 8.33. The maximum absolute atomic E-state index is 12.3. The van der Waals surface area contributed by atoms with E-state index in [0.29, 0.717) is 25.6 Å². The highest BCUT2D eigenvalue weighted by atomic mass is 35.5. The minimum Gasteiger partial charge on any atom is -0.356 e. The van der Waals surface area contributed by atoms with Gasteiger partial charge in [0.15, 0.2) is 0 Å². The zero-order valence-corrected chi connectivity index (χ0v) is 15.3. The Morgan fingerprint density at radius 1 is 1.29 bits per heavy atom. The van der Waals surface area contributed by atoms with E-state index < -0.39 is 10.0 Å². The van der Waals surface area contributed by atoms with Crippen LogP contribution in [0.25, 0.3) is 0 Å². The minimum atomic E-state index is -3.09. The molecule has 0 radical (unpaired) electrons. The molecule has 24 heavy (non-hydrogen) atoms. The molecule has 1 heterocycles. The van der Waals surface area contributed by atoms with Crippen LogP contribution in [0.4, 0.5) is 0 Å². The van der Waals surface area contributed by atoms with Gasteiger partial charge in [0.05, 0.1) is 6.26 Å².